The van der Waals surface area contributed by atoms with E-state index >= 15 is 0 Å². The van der Waals surface area contributed by atoms with Crippen LogP contribution in [0.3, 0.4) is 0 Å². The number of anilines is 1. The van der Waals surface area contributed by atoms with Crippen molar-refractivity contribution in [3.05, 3.63) is 23.8 Å². The van der Waals surface area contributed by atoms with Crippen molar-refractivity contribution in [2.75, 3.05) is 18.5 Å². The van der Waals surface area contributed by atoms with Crippen LogP contribution in [0.4, 0.5) is 5.69 Å². The van der Waals surface area contributed by atoms with Crippen LogP contribution in [0.2, 0.25) is 0 Å². The highest BCUT2D eigenvalue weighted by molar-refractivity contribution is 6.00. The zero-order valence-electron chi connectivity index (χ0n) is 11.0. The van der Waals surface area contributed by atoms with Gasteiger partial charge in [0.15, 0.2) is 6.61 Å². The Morgan fingerprint density at radius 3 is 2.86 bits per heavy atom. The van der Waals surface area contributed by atoms with E-state index in [2.05, 4.69) is 10.6 Å². The zero-order chi connectivity index (χ0) is 15.4. The smallest absolute Gasteiger partial charge is 0.326 e. The van der Waals surface area contributed by atoms with Crippen molar-refractivity contribution in [2.24, 2.45) is 0 Å². The van der Waals surface area contributed by atoms with Crippen LogP contribution in [0.1, 0.15) is 16.8 Å². The maximum atomic E-state index is 12.0. The van der Waals surface area contributed by atoms with Gasteiger partial charge in [0.1, 0.15) is 11.8 Å². The summed E-state index contributed by atoms with van der Waals surface area (Å²) in [5.74, 6) is -1.73. The SMILES string of the molecule is O=C1COc2ccc(C(=O)NC(CCO)C(=O)O)cc2N1. The average Bonchev–Trinajstić information content (AvgIpc) is 2.45. The fourth-order valence-electron chi connectivity index (χ4n) is 1.85. The number of carbonyl (C=O) groups excluding carboxylic acids is 2. The molecule has 1 heterocycles. The molecule has 1 aromatic rings. The highest BCUT2D eigenvalue weighted by Gasteiger charge is 2.22. The largest absolute Gasteiger partial charge is 0.482 e. The molecule has 0 aromatic heterocycles. The first-order valence-corrected chi connectivity index (χ1v) is 6.22. The highest BCUT2D eigenvalue weighted by Crippen LogP contribution is 2.28. The normalized spacial score (nSPS) is 14.4. The van der Waals surface area contributed by atoms with Gasteiger partial charge in [-0.05, 0) is 18.2 Å². The number of ether oxygens (including phenoxy) is 1. The van der Waals surface area contributed by atoms with Crippen LogP contribution in [-0.4, -0.2) is 47.3 Å². The van der Waals surface area contributed by atoms with Gasteiger partial charge in [-0.15, -0.1) is 0 Å². The van der Waals surface area contributed by atoms with Crippen molar-refractivity contribution in [3.8, 4) is 5.75 Å². The molecule has 112 valence electrons. The number of amides is 2. The van der Waals surface area contributed by atoms with Gasteiger partial charge in [-0.2, -0.15) is 0 Å². The molecule has 0 spiro atoms. The summed E-state index contributed by atoms with van der Waals surface area (Å²) in [5.41, 5.74) is 0.539. The second-order valence-electron chi connectivity index (χ2n) is 4.42. The Bertz CT molecular complexity index is 586. The van der Waals surface area contributed by atoms with Crippen molar-refractivity contribution in [3.63, 3.8) is 0 Å². The van der Waals surface area contributed by atoms with Crippen molar-refractivity contribution in [1.29, 1.82) is 0 Å². The van der Waals surface area contributed by atoms with Crippen molar-refractivity contribution in [1.82, 2.24) is 5.32 Å². The molecule has 1 aliphatic rings. The highest BCUT2D eigenvalue weighted by atomic mass is 16.5. The molecular weight excluding hydrogens is 280 g/mol. The van der Waals surface area contributed by atoms with Crippen LogP contribution in [0.15, 0.2) is 18.2 Å². The van der Waals surface area contributed by atoms with E-state index in [0.717, 1.165) is 0 Å². The lowest BCUT2D eigenvalue weighted by Gasteiger charge is -2.19. The lowest BCUT2D eigenvalue weighted by molar-refractivity contribution is -0.139. The maximum absolute atomic E-state index is 12.0. The molecule has 2 rings (SSSR count). The summed E-state index contributed by atoms with van der Waals surface area (Å²) in [6.07, 6.45) is -0.0914. The monoisotopic (exact) mass is 294 g/mol. The van der Waals surface area contributed by atoms with E-state index in [4.69, 9.17) is 14.9 Å². The first-order chi connectivity index (χ1) is 10.0. The molecule has 21 heavy (non-hydrogen) atoms. The maximum Gasteiger partial charge on any atom is 0.326 e. The summed E-state index contributed by atoms with van der Waals surface area (Å²) < 4.78 is 5.16. The van der Waals surface area contributed by atoms with Crippen LogP contribution in [0.25, 0.3) is 0 Å². The Kier molecular flexibility index (Phi) is 4.39. The molecule has 0 saturated heterocycles. The van der Waals surface area contributed by atoms with Gasteiger partial charge >= 0.3 is 5.97 Å². The van der Waals surface area contributed by atoms with E-state index < -0.39 is 17.9 Å². The number of aliphatic hydroxyl groups excluding tert-OH is 1. The number of benzene rings is 1. The van der Waals surface area contributed by atoms with Gasteiger partial charge in [0, 0.05) is 18.6 Å². The van der Waals surface area contributed by atoms with Gasteiger partial charge in [0.25, 0.3) is 11.8 Å². The van der Waals surface area contributed by atoms with E-state index in [-0.39, 0.29) is 31.1 Å². The third-order valence-corrected chi connectivity index (χ3v) is 2.90. The van der Waals surface area contributed by atoms with Gasteiger partial charge in [-0.3, -0.25) is 9.59 Å². The third kappa shape index (κ3) is 3.48. The van der Waals surface area contributed by atoms with Crippen molar-refractivity contribution in [2.45, 2.75) is 12.5 Å². The lowest BCUT2D eigenvalue weighted by Crippen LogP contribution is -2.41. The average molecular weight is 294 g/mol. The van der Waals surface area contributed by atoms with E-state index in [9.17, 15) is 14.4 Å². The first kappa shape index (κ1) is 14.8. The minimum absolute atomic E-state index is 0.0872. The van der Waals surface area contributed by atoms with Crippen LogP contribution in [0, 0.1) is 0 Å². The van der Waals surface area contributed by atoms with Crippen molar-refractivity contribution >= 4 is 23.5 Å². The summed E-state index contributed by atoms with van der Waals surface area (Å²) in [7, 11) is 0. The fourth-order valence-corrected chi connectivity index (χ4v) is 1.85. The molecule has 2 amide bonds. The summed E-state index contributed by atoms with van der Waals surface area (Å²) in [6.45, 7) is -0.443. The summed E-state index contributed by atoms with van der Waals surface area (Å²) >= 11 is 0. The second kappa shape index (κ2) is 6.23. The molecule has 4 N–H and O–H groups in total. The standard InChI is InChI=1S/C13H14N2O6/c16-4-3-8(13(19)20)15-12(18)7-1-2-10-9(5-7)14-11(17)6-21-10/h1-2,5,8,16H,3-4,6H2,(H,14,17)(H,15,18)(H,19,20). The van der Waals surface area contributed by atoms with Crippen LogP contribution in [0.5, 0.6) is 5.75 Å². The van der Waals surface area contributed by atoms with Gasteiger partial charge in [-0.1, -0.05) is 0 Å². The number of carboxylic acids is 1. The first-order valence-electron chi connectivity index (χ1n) is 6.22. The number of carboxylic acid groups (broad SMARTS) is 1. The Morgan fingerprint density at radius 2 is 2.19 bits per heavy atom. The third-order valence-electron chi connectivity index (χ3n) is 2.90. The Balaban J connectivity index is 2.14. The Hall–Kier alpha value is -2.61. The molecule has 1 unspecified atom stereocenters. The predicted molar refractivity (Wildman–Crippen MR) is 71.2 cm³/mol. The van der Waals surface area contributed by atoms with Gasteiger partial charge in [0.05, 0.1) is 5.69 Å². The van der Waals surface area contributed by atoms with E-state index in [1.807, 2.05) is 0 Å². The molecule has 0 aliphatic carbocycles. The summed E-state index contributed by atoms with van der Waals surface area (Å²) in [6, 6.07) is 3.21. The molecule has 1 aromatic carbocycles. The summed E-state index contributed by atoms with van der Waals surface area (Å²) in [5, 5.41) is 22.6. The zero-order valence-corrected chi connectivity index (χ0v) is 11.0. The molecule has 0 radical (unpaired) electrons. The molecule has 8 nitrogen and oxygen atoms in total. The number of aliphatic carboxylic acids is 1. The molecule has 1 atom stereocenters. The summed E-state index contributed by atoms with van der Waals surface area (Å²) in [4.78, 5) is 34.1. The molecule has 8 heteroatoms. The molecule has 1 aliphatic heterocycles. The van der Waals surface area contributed by atoms with Crippen molar-refractivity contribution < 1.29 is 29.3 Å². The number of rotatable bonds is 5. The number of aliphatic hydroxyl groups is 1. The van der Waals surface area contributed by atoms with Crippen LogP contribution >= 0.6 is 0 Å². The number of carbonyl (C=O) groups is 3. The van der Waals surface area contributed by atoms with E-state index in [0.29, 0.717) is 11.4 Å². The number of nitrogens with one attached hydrogen (secondary N) is 2. The molecule has 0 saturated carbocycles. The minimum atomic E-state index is -1.23. The number of hydrogen-bond donors (Lipinski definition) is 4. The molecule has 0 fully saturated rings. The predicted octanol–water partition coefficient (Wildman–Crippen LogP) is -0.417. The fraction of sp³-hybridized carbons (Fsp3) is 0.308. The van der Waals surface area contributed by atoms with Gasteiger partial charge in [0.2, 0.25) is 0 Å². The second-order valence-corrected chi connectivity index (χ2v) is 4.42. The minimum Gasteiger partial charge on any atom is -0.482 e. The number of fused-ring (bicyclic) bond motifs is 1. The van der Waals surface area contributed by atoms with E-state index in [1.165, 1.54) is 18.2 Å². The number of hydrogen-bond acceptors (Lipinski definition) is 5. The molecular formula is C13H14N2O6. The van der Waals surface area contributed by atoms with Gasteiger partial charge in [-0.25, -0.2) is 4.79 Å². The quantitative estimate of drug-likeness (QED) is 0.584. The lowest BCUT2D eigenvalue weighted by atomic mass is 10.1. The van der Waals surface area contributed by atoms with Crippen LogP contribution < -0.4 is 15.4 Å². The molecule has 0 bridgehead atoms. The van der Waals surface area contributed by atoms with Gasteiger partial charge < -0.3 is 25.6 Å². The van der Waals surface area contributed by atoms with Crippen LogP contribution in [-0.2, 0) is 9.59 Å². The Labute approximate surface area is 119 Å². The Morgan fingerprint density at radius 1 is 1.43 bits per heavy atom. The van der Waals surface area contributed by atoms with E-state index in [1.54, 1.807) is 0 Å². The topological polar surface area (TPSA) is 125 Å².